The van der Waals surface area contributed by atoms with E-state index in [9.17, 15) is 49.2 Å². The Kier molecular flexibility index (Phi) is 11.8. The van der Waals surface area contributed by atoms with E-state index in [1.54, 1.807) is 0 Å². The highest BCUT2D eigenvalue weighted by atomic mass is 35.5. The number of halogens is 1. The predicted molar refractivity (Wildman–Crippen MR) is 209 cm³/mol. The number of thioether (sulfide) groups is 1. The number of thiazole rings is 1. The number of phenolic OH excluding ortho intramolecular Hbond substituents is 2. The number of oxime groups is 2. The van der Waals surface area contributed by atoms with Crippen molar-refractivity contribution in [2.24, 2.45) is 15.7 Å². The fourth-order valence-electron chi connectivity index (χ4n) is 7.54. The van der Waals surface area contributed by atoms with Gasteiger partial charge in [-0.05, 0) is 32.9 Å². The number of β-lactam (4-membered cyclic amide) rings is 1. The summed E-state index contributed by atoms with van der Waals surface area (Å²) in [6.45, 7) is 5.72. The molecule has 0 aliphatic carbocycles. The number of aliphatic carboxylic acids is 3. The van der Waals surface area contributed by atoms with Crippen molar-refractivity contribution in [3.8, 4) is 11.5 Å². The number of aromatic hydroxyl groups is 2. The van der Waals surface area contributed by atoms with E-state index in [4.69, 9.17) is 32.1 Å². The molecule has 4 aliphatic heterocycles. The van der Waals surface area contributed by atoms with E-state index in [1.165, 1.54) is 37.1 Å². The van der Waals surface area contributed by atoms with E-state index in [2.05, 4.69) is 25.9 Å². The lowest BCUT2D eigenvalue weighted by Crippen LogP contribution is -2.71. The number of rotatable bonds is 16. The van der Waals surface area contributed by atoms with Crippen LogP contribution in [-0.2, 0) is 38.4 Å². The molecule has 9 N–H and O–H groups in total. The standard InChI is InChI=1S/C35H39ClN8O13S2/c1-15-17(10-44-8-6-35(14-44,7-9-44)13-38-27(49)22(41-56-11-20(46)47)16-4-5-19(45)26(48)21(16)36)25(31(52)53)43-29(51)24(30(43)59-15)40-28(50)23(18-12-58-33(37)39-18)42-57-34(2,3)32(54)55/h4-5,12,15,24,30H,6-11,13-14H2,1-3H3,(H8-,37,38,39,40,41,42,45,46,47,48,49,50,52,53,54,55)/p+1/t15-,24+,30+,35?,44?/m0/s1. The van der Waals surface area contributed by atoms with Gasteiger partial charge in [0.25, 0.3) is 17.7 Å². The number of phenols is 2. The van der Waals surface area contributed by atoms with Crippen LogP contribution in [0.2, 0.25) is 5.02 Å². The van der Waals surface area contributed by atoms with Crippen LogP contribution >= 0.6 is 34.7 Å². The highest BCUT2D eigenvalue weighted by Gasteiger charge is 2.59. The molecule has 4 aliphatic rings. The summed E-state index contributed by atoms with van der Waals surface area (Å²) in [6, 6.07) is 1.14. The summed E-state index contributed by atoms with van der Waals surface area (Å²) in [4.78, 5) is 91.4. The molecule has 5 heterocycles. The lowest BCUT2D eigenvalue weighted by atomic mass is 9.84. The van der Waals surface area contributed by atoms with Crippen LogP contribution in [-0.4, -0.2) is 149 Å². The van der Waals surface area contributed by atoms with Gasteiger partial charge in [-0.15, -0.1) is 23.1 Å². The normalized spacial score (nSPS) is 25.3. The number of benzene rings is 1. The lowest BCUT2D eigenvalue weighted by Gasteiger charge is -2.51. The van der Waals surface area contributed by atoms with Crippen LogP contribution in [0.15, 0.2) is 39.1 Å². The Morgan fingerprint density at radius 1 is 1.10 bits per heavy atom. The first-order valence-electron chi connectivity index (χ1n) is 17.9. The number of quaternary nitrogens is 1. The predicted octanol–water partition coefficient (Wildman–Crippen LogP) is 0.733. The van der Waals surface area contributed by atoms with E-state index in [1.807, 2.05) is 6.92 Å². The Labute approximate surface area is 348 Å². The number of nitrogens with one attached hydrogen (secondary N) is 2. The molecule has 1 aromatic heterocycles. The maximum absolute atomic E-state index is 13.7. The minimum atomic E-state index is -1.82. The van der Waals surface area contributed by atoms with Crippen molar-refractivity contribution < 1.29 is 68.5 Å². The van der Waals surface area contributed by atoms with Gasteiger partial charge in [0, 0.05) is 46.6 Å². The third-order valence-corrected chi connectivity index (χ3v) is 13.2. The van der Waals surface area contributed by atoms with Crippen molar-refractivity contribution >= 4 is 86.9 Å². The maximum Gasteiger partial charge on any atom is 0.352 e. The number of aromatic nitrogens is 1. The topological polar surface area (TPSA) is 313 Å². The Morgan fingerprint density at radius 2 is 1.80 bits per heavy atom. The molecule has 3 fully saturated rings. The van der Waals surface area contributed by atoms with E-state index < -0.39 is 97.9 Å². The second-order valence-electron chi connectivity index (χ2n) is 15.1. The molecule has 3 amide bonds. The number of hydrogen-bond donors (Lipinski definition) is 8. The van der Waals surface area contributed by atoms with Crippen LogP contribution in [0.25, 0.3) is 0 Å². The number of fused-ring (bicyclic) bond motifs is 3. The Balaban J connectivity index is 1.16. The number of carbonyl (C=O) groups is 6. The van der Waals surface area contributed by atoms with Gasteiger partial charge in [-0.25, -0.2) is 19.4 Å². The van der Waals surface area contributed by atoms with Crippen LogP contribution in [0.3, 0.4) is 0 Å². The highest BCUT2D eigenvalue weighted by Crippen LogP contribution is 2.49. The number of piperidine rings is 1. The lowest BCUT2D eigenvalue weighted by molar-refractivity contribution is -0.905. The number of carbonyl (C=O) groups excluding carboxylic acids is 3. The third-order valence-electron chi connectivity index (χ3n) is 10.7. The fourth-order valence-corrected chi connectivity index (χ4v) is 9.78. The van der Waals surface area contributed by atoms with Crippen LogP contribution in [0.5, 0.6) is 11.5 Å². The quantitative estimate of drug-likeness (QED) is 0.0379. The van der Waals surface area contributed by atoms with Crippen molar-refractivity contribution in [3.05, 3.63) is 45.1 Å². The molecule has 2 aromatic rings. The summed E-state index contributed by atoms with van der Waals surface area (Å²) >= 11 is 8.48. The minimum Gasteiger partial charge on any atom is -0.504 e. The number of nitrogens with two attached hydrogens (primary N) is 1. The molecule has 6 rings (SSSR count). The monoisotopic (exact) mass is 879 g/mol. The molecule has 0 unspecified atom stereocenters. The summed E-state index contributed by atoms with van der Waals surface area (Å²) in [5.41, 5.74) is 2.88. The summed E-state index contributed by atoms with van der Waals surface area (Å²) in [5.74, 6) is -7.65. The van der Waals surface area contributed by atoms with Crippen LogP contribution in [0.1, 0.15) is 44.9 Å². The van der Waals surface area contributed by atoms with Gasteiger partial charge in [0.05, 0.1) is 24.7 Å². The number of nitrogen functional groups attached to an aromatic ring is 1. The van der Waals surface area contributed by atoms with Gasteiger partial charge < -0.3 is 56.1 Å². The molecular formula is C35H40ClN8O13S2+. The van der Waals surface area contributed by atoms with Crippen molar-refractivity contribution in [1.82, 2.24) is 20.5 Å². The number of carboxylic acids is 3. The number of nitrogens with zero attached hydrogens (tertiary/aromatic N) is 5. The first-order valence-corrected chi connectivity index (χ1v) is 20.1. The first-order chi connectivity index (χ1) is 27.7. The SMILES string of the molecule is C[C@@H]1S[C@@H]2[C@H](NC(=O)/C(=N\OC(C)(C)C(=O)O)c3csc(N)n3)C(=O)N2C(C(=O)O)=C1C[N+]12CCC(CNC(=O)/C(=N\OCC(=O)O)c3ccc(O)c(O)c3Cl)(CC1)C2. The second-order valence-corrected chi connectivity index (χ2v) is 17.8. The number of carboxylic acid groups (broad SMARTS) is 3. The zero-order chi connectivity index (χ0) is 43.2. The molecule has 1 aromatic carbocycles. The molecule has 0 saturated carbocycles. The van der Waals surface area contributed by atoms with E-state index in [0.29, 0.717) is 49.1 Å². The van der Waals surface area contributed by atoms with Gasteiger partial charge >= 0.3 is 17.9 Å². The summed E-state index contributed by atoms with van der Waals surface area (Å²) in [7, 11) is 0. The van der Waals surface area contributed by atoms with Crippen LogP contribution in [0, 0.1) is 5.41 Å². The molecule has 2 bridgehead atoms. The highest BCUT2D eigenvalue weighted by molar-refractivity contribution is 8.00. The van der Waals surface area contributed by atoms with Gasteiger partial charge in [0.1, 0.15) is 29.4 Å². The van der Waals surface area contributed by atoms with Crippen LogP contribution in [0.4, 0.5) is 5.13 Å². The van der Waals surface area contributed by atoms with Gasteiger partial charge in [0.15, 0.2) is 28.1 Å². The smallest absolute Gasteiger partial charge is 0.352 e. The molecule has 24 heteroatoms. The average molecular weight is 880 g/mol. The molecular weight excluding hydrogens is 840 g/mol. The second kappa shape index (κ2) is 16.2. The van der Waals surface area contributed by atoms with E-state index >= 15 is 0 Å². The molecule has 21 nitrogen and oxygen atoms in total. The van der Waals surface area contributed by atoms with E-state index in [-0.39, 0.29) is 28.6 Å². The summed E-state index contributed by atoms with van der Waals surface area (Å²) < 4.78 is 0.489. The van der Waals surface area contributed by atoms with Gasteiger partial charge in [0.2, 0.25) is 12.2 Å². The molecule has 3 atom stereocenters. The Morgan fingerprint density at radius 3 is 2.41 bits per heavy atom. The van der Waals surface area contributed by atoms with E-state index in [0.717, 1.165) is 22.3 Å². The number of hydrogen-bond acceptors (Lipinski definition) is 16. The van der Waals surface area contributed by atoms with Gasteiger partial charge in [-0.1, -0.05) is 21.9 Å². The van der Waals surface area contributed by atoms with Crippen molar-refractivity contribution in [3.63, 3.8) is 0 Å². The summed E-state index contributed by atoms with van der Waals surface area (Å²) in [6.07, 6.45) is 1.32. The Hall–Kier alpha value is -5.65. The Bertz CT molecular complexity index is 2220. The van der Waals surface area contributed by atoms with Crippen molar-refractivity contribution in [2.75, 3.05) is 45.1 Å². The van der Waals surface area contributed by atoms with Crippen molar-refractivity contribution in [2.45, 2.75) is 55.9 Å². The fraction of sp³-hybridized carbons (Fsp3) is 0.457. The average Bonchev–Trinajstić information content (AvgIpc) is 3.88. The third kappa shape index (κ3) is 8.45. The zero-order valence-electron chi connectivity index (χ0n) is 31.6. The largest absolute Gasteiger partial charge is 0.504 e. The first kappa shape index (κ1) is 42.9. The van der Waals surface area contributed by atoms with Crippen LogP contribution < -0.4 is 16.4 Å². The number of anilines is 1. The molecule has 0 radical (unpaired) electrons. The molecule has 3 saturated heterocycles. The zero-order valence-corrected chi connectivity index (χ0v) is 34.0. The molecule has 59 heavy (non-hydrogen) atoms. The maximum atomic E-state index is 13.7. The molecule has 0 spiro atoms. The number of amides is 3. The van der Waals surface area contributed by atoms with Gasteiger partial charge in [-0.3, -0.25) is 19.3 Å². The molecule has 316 valence electrons. The summed E-state index contributed by atoms with van der Waals surface area (Å²) in [5, 5.41) is 61.7. The minimum absolute atomic E-state index is 0.0194. The van der Waals surface area contributed by atoms with Gasteiger partial charge in [-0.2, -0.15) is 0 Å². The van der Waals surface area contributed by atoms with Crippen molar-refractivity contribution in [1.29, 1.82) is 0 Å².